The minimum absolute atomic E-state index is 0.236. The van der Waals surface area contributed by atoms with Crippen molar-refractivity contribution in [3.8, 4) is 0 Å². The molecule has 0 radical (unpaired) electrons. The monoisotopic (exact) mass is 237 g/mol. The Morgan fingerprint density at radius 3 is 3.12 bits per heavy atom. The van der Waals surface area contributed by atoms with Crippen LogP contribution in [0.15, 0.2) is 11.4 Å². The number of rotatable bonds is 1. The maximum absolute atomic E-state index is 5.80. The van der Waals surface area contributed by atoms with Crippen molar-refractivity contribution in [2.45, 2.75) is 37.2 Å². The van der Waals surface area contributed by atoms with Crippen molar-refractivity contribution in [3.63, 3.8) is 0 Å². The first-order valence-corrected chi connectivity index (χ1v) is 6.67. The van der Waals surface area contributed by atoms with Gasteiger partial charge in [0.25, 0.3) is 0 Å². The van der Waals surface area contributed by atoms with Crippen molar-refractivity contribution in [2.24, 2.45) is 0 Å². The lowest BCUT2D eigenvalue weighted by Gasteiger charge is -2.31. The highest BCUT2D eigenvalue weighted by atomic mass is 32.2. The molecule has 3 heterocycles. The van der Waals surface area contributed by atoms with E-state index in [1.807, 2.05) is 12.5 Å². The highest BCUT2D eigenvalue weighted by Gasteiger charge is 2.46. The summed E-state index contributed by atoms with van der Waals surface area (Å²) in [5.41, 5.74) is 1.01. The van der Waals surface area contributed by atoms with Gasteiger partial charge in [0.2, 0.25) is 0 Å². The third-order valence-electron chi connectivity index (χ3n) is 3.26. The zero-order valence-corrected chi connectivity index (χ0v) is 10.5. The molecular weight excluding hydrogens is 222 g/mol. The van der Waals surface area contributed by atoms with E-state index in [1.54, 1.807) is 11.8 Å². The van der Waals surface area contributed by atoms with E-state index in [0.29, 0.717) is 6.04 Å². The van der Waals surface area contributed by atoms with Crippen LogP contribution < -0.4 is 4.90 Å². The van der Waals surface area contributed by atoms with Crippen molar-refractivity contribution in [1.82, 2.24) is 9.97 Å². The van der Waals surface area contributed by atoms with Gasteiger partial charge in [-0.15, -0.1) is 0 Å². The number of hydrogen-bond acceptors (Lipinski definition) is 5. The molecule has 1 aromatic rings. The number of aromatic nitrogens is 2. The molecule has 0 aromatic carbocycles. The number of thioether (sulfide) groups is 1. The van der Waals surface area contributed by atoms with Gasteiger partial charge in [-0.1, -0.05) is 11.8 Å². The Balaban J connectivity index is 2.07. The van der Waals surface area contributed by atoms with Gasteiger partial charge in [-0.05, 0) is 20.1 Å². The van der Waals surface area contributed by atoms with E-state index < -0.39 is 0 Å². The van der Waals surface area contributed by atoms with E-state index in [-0.39, 0.29) is 5.72 Å². The zero-order valence-electron chi connectivity index (χ0n) is 9.73. The molecule has 86 valence electrons. The summed E-state index contributed by atoms with van der Waals surface area (Å²) >= 11 is 1.58. The molecule has 16 heavy (non-hydrogen) atoms. The number of nitrogens with zero attached hydrogens (tertiary/aromatic N) is 3. The highest BCUT2D eigenvalue weighted by molar-refractivity contribution is 7.98. The van der Waals surface area contributed by atoms with Gasteiger partial charge in [-0.3, -0.25) is 0 Å². The predicted octanol–water partition coefficient (Wildman–Crippen LogP) is 1.70. The van der Waals surface area contributed by atoms with Crippen LogP contribution in [0.1, 0.15) is 19.4 Å². The van der Waals surface area contributed by atoms with Crippen molar-refractivity contribution < 1.29 is 4.74 Å². The molecule has 0 bridgehead atoms. The van der Waals surface area contributed by atoms with Gasteiger partial charge in [0.1, 0.15) is 11.5 Å². The second kappa shape index (κ2) is 3.34. The first-order valence-electron chi connectivity index (χ1n) is 5.45. The standard InChI is InChI=1S/C11H15N3OS/c1-11(2)14-8(6-15-11)4-7-5-12-10(16-3)13-9(7)14/h5,8H,4,6H2,1-3H3/t8-/m1/s1. The Morgan fingerprint density at radius 2 is 2.38 bits per heavy atom. The molecule has 0 spiro atoms. The number of hydrogen-bond donors (Lipinski definition) is 0. The summed E-state index contributed by atoms with van der Waals surface area (Å²) in [6.07, 6.45) is 4.97. The van der Waals surface area contributed by atoms with Crippen molar-refractivity contribution in [3.05, 3.63) is 11.8 Å². The largest absolute Gasteiger partial charge is 0.354 e. The van der Waals surface area contributed by atoms with E-state index in [0.717, 1.165) is 24.0 Å². The van der Waals surface area contributed by atoms with Gasteiger partial charge in [0, 0.05) is 18.2 Å². The zero-order chi connectivity index (χ0) is 11.3. The molecule has 1 aromatic heterocycles. The Bertz CT molecular complexity index is 435. The Morgan fingerprint density at radius 1 is 1.56 bits per heavy atom. The molecule has 2 aliphatic rings. The maximum Gasteiger partial charge on any atom is 0.189 e. The lowest BCUT2D eigenvalue weighted by molar-refractivity contribution is 0.0361. The van der Waals surface area contributed by atoms with Crippen LogP contribution in [-0.4, -0.2) is 34.6 Å². The van der Waals surface area contributed by atoms with Gasteiger partial charge in [-0.2, -0.15) is 0 Å². The fourth-order valence-electron chi connectivity index (χ4n) is 2.55. The number of fused-ring (bicyclic) bond motifs is 3. The summed E-state index contributed by atoms with van der Waals surface area (Å²) in [6, 6.07) is 0.441. The summed E-state index contributed by atoms with van der Waals surface area (Å²) in [6.45, 7) is 4.99. The first kappa shape index (κ1) is 10.4. The summed E-state index contributed by atoms with van der Waals surface area (Å²) < 4.78 is 5.80. The number of anilines is 1. The van der Waals surface area contributed by atoms with Crippen LogP contribution in [0.4, 0.5) is 5.82 Å². The second-order valence-electron chi connectivity index (χ2n) is 4.69. The smallest absolute Gasteiger partial charge is 0.189 e. The second-order valence-corrected chi connectivity index (χ2v) is 5.46. The average Bonchev–Trinajstić information content (AvgIpc) is 2.76. The first-order chi connectivity index (χ1) is 7.62. The molecule has 0 aliphatic carbocycles. The third-order valence-corrected chi connectivity index (χ3v) is 3.82. The molecular formula is C11H15N3OS. The van der Waals surface area contributed by atoms with E-state index in [4.69, 9.17) is 4.74 Å². The van der Waals surface area contributed by atoms with Crippen LogP contribution in [0, 0.1) is 0 Å². The molecule has 0 unspecified atom stereocenters. The topological polar surface area (TPSA) is 38.2 Å². The molecule has 3 rings (SSSR count). The molecule has 1 saturated heterocycles. The van der Waals surface area contributed by atoms with Crippen LogP contribution in [0.3, 0.4) is 0 Å². The van der Waals surface area contributed by atoms with Crippen LogP contribution in [0.5, 0.6) is 0 Å². The van der Waals surface area contributed by atoms with E-state index in [2.05, 4.69) is 28.7 Å². The van der Waals surface area contributed by atoms with E-state index in [9.17, 15) is 0 Å². The average molecular weight is 237 g/mol. The maximum atomic E-state index is 5.80. The molecule has 0 saturated carbocycles. The molecule has 0 amide bonds. The van der Waals surface area contributed by atoms with Gasteiger partial charge >= 0.3 is 0 Å². The SMILES string of the molecule is CSc1ncc2c(n1)N1[C@@H](COC1(C)C)C2. The molecule has 2 aliphatic heterocycles. The molecule has 1 fully saturated rings. The number of ether oxygens (including phenoxy) is 1. The normalized spacial score (nSPS) is 25.7. The summed E-state index contributed by atoms with van der Waals surface area (Å²) in [4.78, 5) is 11.2. The van der Waals surface area contributed by atoms with Crippen molar-refractivity contribution >= 4 is 17.6 Å². The summed E-state index contributed by atoms with van der Waals surface area (Å²) in [5.74, 6) is 1.06. The van der Waals surface area contributed by atoms with Crippen LogP contribution in [-0.2, 0) is 11.2 Å². The van der Waals surface area contributed by atoms with Crippen LogP contribution >= 0.6 is 11.8 Å². The van der Waals surface area contributed by atoms with Gasteiger partial charge in [-0.25, -0.2) is 9.97 Å². The highest BCUT2D eigenvalue weighted by Crippen LogP contribution is 2.41. The van der Waals surface area contributed by atoms with Gasteiger partial charge in [0.15, 0.2) is 5.16 Å². The lowest BCUT2D eigenvalue weighted by atomic mass is 10.2. The van der Waals surface area contributed by atoms with E-state index >= 15 is 0 Å². The quantitative estimate of drug-likeness (QED) is 0.549. The van der Waals surface area contributed by atoms with Gasteiger partial charge < -0.3 is 9.64 Å². The predicted molar refractivity (Wildman–Crippen MR) is 63.8 cm³/mol. The fraction of sp³-hybridized carbons (Fsp3) is 0.636. The van der Waals surface area contributed by atoms with Crippen molar-refractivity contribution in [1.29, 1.82) is 0 Å². The summed E-state index contributed by atoms with van der Waals surface area (Å²) in [5, 5.41) is 0.835. The van der Waals surface area contributed by atoms with Crippen LogP contribution in [0.25, 0.3) is 0 Å². The molecule has 1 atom stereocenters. The van der Waals surface area contributed by atoms with Crippen molar-refractivity contribution in [2.75, 3.05) is 17.8 Å². The molecule has 4 nitrogen and oxygen atoms in total. The van der Waals surface area contributed by atoms with E-state index in [1.165, 1.54) is 5.56 Å². The van der Waals surface area contributed by atoms with Gasteiger partial charge in [0.05, 0.1) is 12.6 Å². The minimum atomic E-state index is -0.236. The molecule has 5 heteroatoms. The Kier molecular flexibility index (Phi) is 2.16. The van der Waals surface area contributed by atoms with Crippen LogP contribution in [0.2, 0.25) is 0 Å². The molecule has 0 N–H and O–H groups in total. The summed E-state index contributed by atoms with van der Waals surface area (Å²) in [7, 11) is 0. The lowest BCUT2D eigenvalue weighted by Crippen LogP contribution is -2.42. The minimum Gasteiger partial charge on any atom is -0.354 e. The Hall–Kier alpha value is -0.810. The Labute approximate surface area is 99.4 Å². The third kappa shape index (κ3) is 1.34. The fourth-order valence-corrected chi connectivity index (χ4v) is 2.88.